The average molecular weight is 299 g/mol. The normalized spacial score (nSPS) is 17.3. The van der Waals surface area contributed by atoms with Crippen molar-refractivity contribution in [2.75, 3.05) is 0 Å². The Morgan fingerprint density at radius 2 is 1.83 bits per heavy atom. The van der Waals surface area contributed by atoms with Crippen molar-refractivity contribution < 1.29 is 0 Å². The SMILES string of the molecule is [CH]1C=CC=CC1c1ccccc1N=Cn1nnc2ccccc21. The van der Waals surface area contributed by atoms with E-state index >= 15 is 0 Å². The molecule has 3 aromatic rings. The van der Waals surface area contributed by atoms with Gasteiger partial charge in [0, 0.05) is 5.92 Å². The number of hydrogen-bond acceptors (Lipinski definition) is 3. The first-order valence-electron chi connectivity index (χ1n) is 7.53. The lowest BCUT2D eigenvalue weighted by molar-refractivity contribution is 0.875. The van der Waals surface area contributed by atoms with Crippen LogP contribution in [0.3, 0.4) is 0 Å². The Morgan fingerprint density at radius 3 is 2.74 bits per heavy atom. The largest absolute Gasteiger partial charge is 0.237 e. The number of aliphatic imine (C=N–C) groups is 1. The average Bonchev–Trinajstić information content (AvgIpc) is 3.04. The first-order chi connectivity index (χ1) is 11.4. The van der Waals surface area contributed by atoms with Crippen molar-refractivity contribution in [2.24, 2.45) is 4.99 Å². The molecule has 1 aliphatic rings. The van der Waals surface area contributed by atoms with Crippen LogP contribution in [0.25, 0.3) is 11.0 Å². The Morgan fingerprint density at radius 1 is 0.957 bits per heavy atom. The van der Waals surface area contributed by atoms with Gasteiger partial charge in [0.05, 0.1) is 11.2 Å². The summed E-state index contributed by atoms with van der Waals surface area (Å²) in [6, 6.07) is 16.0. The zero-order valence-corrected chi connectivity index (χ0v) is 12.4. The van der Waals surface area contributed by atoms with Crippen LogP contribution in [0.2, 0.25) is 0 Å². The summed E-state index contributed by atoms with van der Waals surface area (Å²) in [5, 5.41) is 8.28. The standard InChI is InChI=1S/C19H15N4/c1-2-8-15(9-3-1)16-10-4-5-11-17(16)20-14-23-19-13-7-6-12-18(19)21-22-23/h1-15H. The molecule has 23 heavy (non-hydrogen) atoms. The Hall–Kier alpha value is -3.01. The van der Waals surface area contributed by atoms with Gasteiger partial charge in [-0.05, 0) is 30.2 Å². The summed E-state index contributed by atoms with van der Waals surface area (Å²) >= 11 is 0. The van der Waals surface area contributed by atoms with E-state index in [0.717, 1.165) is 16.7 Å². The van der Waals surface area contributed by atoms with E-state index in [4.69, 9.17) is 0 Å². The van der Waals surface area contributed by atoms with Crippen molar-refractivity contribution >= 4 is 23.1 Å². The number of benzene rings is 2. The van der Waals surface area contributed by atoms with Gasteiger partial charge in [-0.1, -0.05) is 59.8 Å². The van der Waals surface area contributed by atoms with Gasteiger partial charge in [0.25, 0.3) is 0 Å². The summed E-state index contributed by atoms with van der Waals surface area (Å²) in [5.41, 5.74) is 3.92. The van der Waals surface area contributed by atoms with Crippen LogP contribution in [0.4, 0.5) is 5.69 Å². The predicted molar refractivity (Wildman–Crippen MR) is 92.8 cm³/mol. The van der Waals surface area contributed by atoms with Gasteiger partial charge >= 0.3 is 0 Å². The monoisotopic (exact) mass is 299 g/mol. The van der Waals surface area contributed by atoms with Gasteiger partial charge < -0.3 is 0 Å². The van der Waals surface area contributed by atoms with Gasteiger partial charge in [0.15, 0.2) is 0 Å². The molecule has 0 saturated heterocycles. The molecule has 0 saturated carbocycles. The molecule has 0 spiro atoms. The van der Waals surface area contributed by atoms with Crippen LogP contribution in [-0.4, -0.2) is 21.3 Å². The number of aromatic nitrogens is 3. The lowest BCUT2D eigenvalue weighted by Crippen LogP contribution is -2.00. The Kier molecular flexibility index (Phi) is 3.56. The molecular formula is C19H15N4. The van der Waals surface area contributed by atoms with Crippen molar-refractivity contribution in [1.82, 2.24) is 15.0 Å². The molecule has 4 nitrogen and oxygen atoms in total. The minimum Gasteiger partial charge on any atom is -0.237 e. The smallest absolute Gasteiger partial charge is 0.120 e. The third-order valence-corrected chi connectivity index (χ3v) is 3.84. The van der Waals surface area contributed by atoms with E-state index in [9.17, 15) is 0 Å². The highest BCUT2D eigenvalue weighted by atomic mass is 15.4. The second-order valence-electron chi connectivity index (χ2n) is 5.31. The van der Waals surface area contributed by atoms with E-state index in [-0.39, 0.29) is 5.92 Å². The summed E-state index contributed by atoms with van der Waals surface area (Å²) in [7, 11) is 0. The van der Waals surface area contributed by atoms with Crippen LogP contribution in [-0.2, 0) is 0 Å². The number of fused-ring (bicyclic) bond motifs is 1. The van der Waals surface area contributed by atoms with Crippen LogP contribution in [0.15, 0.2) is 77.8 Å². The van der Waals surface area contributed by atoms with Crippen LogP contribution in [0.1, 0.15) is 11.5 Å². The minimum atomic E-state index is 0.251. The highest BCUT2D eigenvalue weighted by Gasteiger charge is 2.12. The molecule has 4 rings (SSSR count). The zero-order valence-electron chi connectivity index (χ0n) is 12.4. The molecule has 1 heterocycles. The molecule has 0 fully saturated rings. The highest BCUT2D eigenvalue weighted by molar-refractivity contribution is 5.81. The topological polar surface area (TPSA) is 43.1 Å². The molecule has 1 unspecified atom stereocenters. The summed E-state index contributed by atoms with van der Waals surface area (Å²) in [6.07, 6.45) is 12.2. The fourth-order valence-electron chi connectivity index (χ4n) is 2.68. The second-order valence-corrected chi connectivity index (χ2v) is 5.31. The Labute approximate surface area is 134 Å². The molecule has 1 aliphatic carbocycles. The second kappa shape index (κ2) is 6.01. The first-order valence-corrected chi connectivity index (χ1v) is 7.53. The molecule has 0 N–H and O–H groups in total. The van der Waals surface area contributed by atoms with Gasteiger partial charge in [-0.2, -0.15) is 0 Å². The van der Waals surface area contributed by atoms with Crippen molar-refractivity contribution in [2.45, 2.75) is 5.92 Å². The van der Waals surface area contributed by atoms with Gasteiger partial charge in [0.1, 0.15) is 11.9 Å². The van der Waals surface area contributed by atoms with Crippen molar-refractivity contribution in [3.05, 3.63) is 84.8 Å². The molecule has 1 radical (unpaired) electrons. The van der Waals surface area contributed by atoms with Gasteiger partial charge in [-0.3, -0.25) is 0 Å². The maximum atomic E-state index is 4.63. The molecule has 0 bridgehead atoms. The number of para-hydroxylation sites is 2. The first kappa shape index (κ1) is 13.6. The fraction of sp³-hybridized carbons (Fsp3) is 0.0526. The third kappa shape index (κ3) is 2.71. The van der Waals surface area contributed by atoms with Crippen LogP contribution in [0.5, 0.6) is 0 Å². The quantitative estimate of drug-likeness (QED) is 0.541. The zero-order chi connectivity index (χ0) is 15.5. The highest BCUT2D eigenvalue weighted by Crippen LogP contribution is 2.31. The summed E-state index contributed by atoms with van der Waals surface area (Å²) in [6.45, 7) is 0. The molecule has 4 heteroatoms. The molecule has 1 aromatic heterocycles. The van der Waals surface area contributed by atoms with Crippen molar-refractivity contribution in [1.29, 1.82) is 0 Å². The summed E-state index contributed by atoms with van der Waals surface area (Å²) in [4.78, 5) is 4.63. The van der Waals surface area contributed by atoms with E-state index in [2.05, 4.69) is 46.0 Å². The van der Waals surface area contributed by atoms with E-state index in [0.29, 0.717) is 0 Å². The number of hydrogen-bond donors (Lipinski definition) is 0. The number of nitrogens with zero attached hydrogens (tertiary/aromatic N) is 4. The molecular weight excluding hydrogens is 284 g/mol. The maximum absolute atomic E-state index is 4.63. The number of rotatable bonds is 3. The van der Waals surface area contributed by atoms with Crippen LogP contribution >= 0.6 is 0 Å². The van der Waals surface area contributed by atoms with E-state index in [1.54, 1.807) is 11.0 Å². The van der Waals surface area contributed by atoms with Gasteiger partial charge in [-0.15, -0.1) is 5.10 Å². The summed E-state index contributed by atoms with van der Waals surface area (Å²) in [5.74, 6) is 0.251. The lowest BCUT2D eigenvalue weighted by atomic mass is 9.91. The van der Waals surface area contributed by atoms with Crippen molar-refractivity contribution in [3.8, 4) is 0 Å². The Balaban J connectivity index is 1.69. The van der Waals surface area contributed by atoms with Gasteiger partial charge in [-0.25, -0.2) is 9.67 Å². The van der Waals surface area contributed by atoms with E-state index in [1.165, 1.54) is 5.56 Å². The molecule has 1 atom stereocenters. The minimum absolute atomic E-state index is 0.251. The predicted octanol–water partition coefficient (Wildman–Crippen LogP) is 4.05. The molecule has 0 aliphatic heterocycles. The molecule has 2 aromatic carbocycles. The van der Waals surface area contributed by atoms with Crippen LogP contribution in [0, 0.1) is 6.42 Å². The fourth-order valence-corrected chi connectivity index (χ4v) is 2.68. The van der Waals surface area contributed by atoms with Crippen LogP contribution < -0.4 is 0 Å². The summed E-state index contributed by atoms with van der Waals surface area (Å²) < 4.78 is 1.70. The van der Waals surface area contributed by atoms with E-state index < -0.39 is 0 Å². The maximum Gasteiger partial charge on any atom is 0.120 e. The third-order valence-electron chi connectivity index (χ3n) is 3.84. The van der Waals surface area contributed by atoms with Crippen molar-refractivity contribution in [3.63, 3.8) is 0 Å². The Bertz CT molecular complexity index is 918. The lowest BCUT2D eigenvalue weighted by Gasteiger charge is -2.15. The van der Waals surface area contributed by atoms with E-state index in [1.807, 2.05) is 48.5 Å². The molecule has 111 valence electrons. The number of allylic oxidation sites excluding steroid dienone is 4. The van der Waals surface area contributed by atoms with Gasteiger partial charge in [0.2, 0.25) is 0 Å². The molecule has 0 amide bonds.